The lowest BCUT2D eigenvalue weighted by atomic mass is 9.95. The van der Waals surface area contributed by atoms with E-state index in [1.165, 1.54) is 41.6 Å². The second kappa shape index (κ2) is 9.28. The fourth-order valence-corrected chi connectivity index (χ4v) is 5.91. The van der Waals surface area contributed by atoms with E-state index in [4.69, 9.17) is 0 Å². The number of piperazine rings is 1. The van der Waals surface area contributed by atoms with Crippen molar-refractivity contribution in [1.82, 2.24) is 4.31 Å². The van der Waals surface area contributed by atoms with Crippen LogP contribution in [0.5, 0.6) is 0 Å². The highest BCUT2D eigenvalue weighted by Crippen LogP contribution is 2.39. The Labute approximate surface area is 196 Å². The van der Waals surface area contributed by atoms with E-state index in [1.54, 1.807) is 18.2 Å². The Bertz CT molecular complexity index is 1120. The van der Waals surface area contributed by atoms with Crippen molar-refractivity contribution in [3.8, 4) is 0 Å². The number of rotatable bonds is 6. The molecule has 0 aromatic heterocycles. The number of carbonyl (C=O) groups excluding carboxylic acids is 1. The Hall–Kier alpha value is -2.08. The van der Waals surface area contributed by atoms with Gasteiger partial charge in [0, 0.05) is 42.7 Å². The number of sulfonamides is 1. The molecule has 2 aromatic rings. The lowest BCUT2D eigenvalue weighted by Gasteiger charge is -2.42. The molecule has 0 radical (unpaired) electrons. The standard InChI is InChI=1S/C22H25F3N2O4S2/c1-15(28)13-18-14-26(33(30,31)20-6-4-3-5-19(20)32)11-12-27(18)17-9-7-16(8-10-17)21(2,29)22(23,24)25/h3-10,18,29,32H,11-14H2,1-2H3/t18-,21?/m0/s1. The fraction of sp³-hybridized carbons (Fsp3) is 0.409. The van der Waals surface area contributed by atoms with E-state index in [1.807, 2.05) is 4.90 Å². The third kappa shape index (κ3) is 5.21. The van der Waals surface area contributed by atoms with E-state index >= 15 is 0 Å². The molecule has 0 aliphatic carbocycles. The highest BCUT2D eigenvalue weighted by Gasteiger charge is 2.51. The Balaban J connectivity index is 1.88. The molecule has 1 heterocycles. The second-order valence-electron chi connectivity index (χ2n) is 8.20. The molecule has 2 atom stereocenters. The number of anilines is 1. The minimum atomic E-state index is -4.84. The van der Waals surface area contributed by atoms with Crippen LogP contribution in [0.2, 0.25) is 0 Å². The molecule has 6 nitrogen and oxygen atoms in total. The molecule has 11 heteroatoms. The summed E-state index contributed by atoms with van der Waals surface area (Å²) in [5.74, 6) is -0.143. The first-order chi connectivity index (χ1) is 15.2. The van der Waals surface area contributed by atoms with Crippen LogP contribution in [0.25, 0.3) is 0 Å². The van der Waals surface area contributed by atoms with Gasteiger partial charge < -0.3 is 10.0 Å². The molecular formula is C22H25F3N2O4S2. The van der Waals surface area contributed by atoms with Gasteiger partial charge in [-0.3, -0.25) is 4.79 Å². The molecule has 0 spiro atoms. The molecule has 1 aliphatic heterocycles. The molecule has 3 rings (SSSR count). The fourth-order valence-electron chi connectivity index (χ4n) is 3.85. The van der Waals surface area contributed by atoms with Gasteiger partial charge >= 0.3 is 6.18 Å². The lowest BCUT2D eigenvalue weighted by molar-refractivity contribution is -0.258. The number of aliphatic hydroxyl groups is 1. The predicted octanol–water partition coefficient (Wildman–Crippen LogP) is 3.60. The average molecular weight is 503 g/mol. The van der Waals surface area contributed by atoms with Gasteiger partial charge in [-0.25, -0.2) is 8.42 Å². The van der Waals surface area contributed by atoms with Crippen LogP contribution in [0.3, 0.4) is 0 Å². The first kappa shape index (κ1) is 25.5. The number of nitrogens with zero attached hydrogens (tertiary/aromatic N) is 2. The monoisotopic (exact) mass is 502 g/mol. The number of hydrogen-bond acceptors (Lipinski definition) is 6. The summed E-state index contributed by atoms with van der Waals surface area (Å²) in [5, 5.41) is 9.89. The molecular weight excluding hydrogens is 477 g/mol. The van der Waals surface area contributed by atoms with Crippen LogP contribution in [-0.4, -0.2) is 55.5 Å². The van der Waals surface area contributed by atoms with Gasteiger partial charge in [-0.2, -0.15) is 17.5 Å². The molecule has 180 valence electrons. The van der Waals surface area contributed by atoms with Crippen LogP contribution >= 0.6 is 12.6 Å². The highest BCUT2D eigenvalue weighted by atomic mass is 32.2. The summed E-state index contributed by atoms with van der Waals surface area (Å²) in [4.78, 5) is 14.1. The van der Waals surface area contributed by atoms with Crippen molar-refractivity contribution < 1.29 is 31.5 Å². The Morgan fingerprint density at radius 1 is 1.12 bits per heavy atom. The van der Waals surface area contributed by atoms with Crippen molar-refractivity contribution in [1.29, 1.82) is 0 Å². The zero-order valence-corrected chi connectivity index (χ0v) is 19.8. The van der Waals surface area contributed by atoms with Crippen molar-refractivity contribution in [2.24, 2.45) is 0 Å². The third-order valence-corrected chi connectivity index (χ3v) is 8.23. The van der Waals surface area contributed by atoms with Crippen LogP contribution in [-0.2, 0) is 20.4 Å². The number of ketones is 1. The summed E-state index contributed by atoms with van der Waals surface area (Å²) in [6.45, 7) is 2.48. The van der Waals surface area contributed by atoms with Crippen LogP contribution < -0.4 is 4.90 Å². The van der Waals surface area contributed by atoms with E-state index in [0.717, 1.165) is 0 Å². The molecule has 1 unspecified atom stereocenters. The largest absolute Gasteiger partial charge is 0.421 e. The van der Waals surface area contributed by atoms with Gasteiger partial charge in [0.05, 0.1) is 4.90 Å². The van der Waals surface area contributed by atoms with Crippen LogP contribution in [0, 0.1) is 0 Å². The summed E-state index contributed by atoms with van der Waals surface area (Å²) >= 11 is 4.25. The van der Waals surface area contributed by atoms with Crippen molar-refractivity contribution in [2.75, 3.05) is 24.5 Å². The van der Waals surface area contributed by atoms with Crippen molar-refractivity contribution in [2.45, 2.75) is 47.9 Å². The Morgan fingerprint density at radius 2 is 1.73 bits per heavy atom. The number of Topliss-reactive ketones (excluding diaryl/α,β-unsaturated/α-hetero) is 1. The van der Waals surface area contributed by atoms with E-state index in [0.29, 0.717) is 17.5 Å². The molecule has 2 aromatic carbocycles. The zero-order chi connectivity index (χ0) is 24.6. The number of hydrogen-bond donors (Lipinski definition) is 2. The first-order valence-corrected chi connectivity index (χ1v) is 12.1. The normalized spacial score (nSPS) is 19.8. The predicted molar refractivity (Wildman–Crippen MR) is 121 cm³/mol. The van der Waals surface area contributed by atoms with Crippen LogP contribution in [0.15, 0.2) is 58.3 Å². The topological polar surface area (TPSA) is 77.9 Å². The van der Waals surface area contributed by atoms with Gasteiger partial charge in [-0.1, -0.05) is 24.3 Å². The average Bonchev–Trinajstić information content (AvgIpc) is 2.73. The molecule has 33 heavy (non-hydrogen) atoms. The van der Waals surface area contributed by atoms with E-state index in [-0.39, 0.29) is 42.3 Å². The van der Waals surface area contributed by atoms with Crippen LogP contribution in [0.4, 0.5) is 18.9 Å². The lowest BCUT2D eigenvalue weighted by Crippen LogP contribution is -2.55. The van der Waals surface area contributed by atoms with Crippen molar-refractivity contribution >= 4 is 34.1 Å². The molecule has 1 N–H and O–H groups in total. The van der Waals surface area contributed by atoms with Gasteiger partial charge in [-0.05, 0) is 43.7 Å². The minimum absolute atomic E-state index is 0.0338. The number of thiol groups is 1. The first-order valence-electron chi connectivity index (χ1n) is 10.2. The number of alkyl halides is 3. The van der Waals surface area contributed by atoms with Crippen molar-refractivity contribution in [3.63, 3.8) is 0 Å². The maximum absolute atomic E-state index is 13.2. The van der Waals surface area contributed by atoms with E-state index in [9.17, 15) is 31.5 Å². The molecule has 0 bridgehead atoms. The SMILES string of the molecule is CC(=O)C[C@H]1CN(S(=O)(=O)c2ccccc2S)CCN1c1ccc(C(C)(O)C(F)(F)F)cc1. The summed E-state index contributed by atoms with van der Waals surface area (Å²) in [6.07, 6.45) is -4.77. The summed E-state index contributed by atoms with van der Waals surface area (Å²) in [6, 6.07) is 11.1. The Kier molecular flexibility index (Phi) is 7.18. The van der Waals surface area contributed by atoms with E-state index < -0.39 is 27.8 Å². The number of carbonyl (C=O) groups is 1. The van der Waals surface area contributed by atoms with E-state index in [2.05, 4.69) is 12.6 Å². The second-order valence-corrected chi connectivity index (χ2v) is 10.6. The summed E-state index contributed by atoms with van der Waals surface area (Å²) < 4.78 is 67.1. The number of benzene rings is 2. The molecule has 0 amide bonds. The van der Waals surface area contributed by atoms with Gasteiger partial charge in [0.15, 0.2) is 5.60 Å². The molecule has 1 aliphatic rings. The summed E-state index contributed by atoms with van der Waals surface area (Å²) in [7, 11) is -3.85. The zero-order valence-electron chi connectivity index (χ0n) is 18.1. The number of halogens is 3. The molecule has 0 saturated carbocycles. The Morgan fingerprint density at radius 3 is 2.27 bits per heavy atom. The minimum Gasteiger partial charge on any atom is -0.376 e. The molecule has 1 fully saturated rings. The van der Waals surface area contributed by atoms with Crippen LogP contribution in [0.1, 0.15) is 25.8 Å². The summed E-state index contributed by atoms with van der Waals surface area (Å²) in [5.41, 5.74) is -2.78. The third-order valence-electron chi connectivity index (χ3n) is 5.76. The molecule has 1 saturated heterocycles. The highest BCUT2D eigenvalue weighted by molar-refractivity contribution is 7.90. The van der Waals surface area contributed by atoms with Crippen molar-refractivity contribution in [3.05, 3.63) is 54.1 Å². The maximum Gasteiger partial charge on any atom is 0.421 e. The van der Waals surface area contributed by atoms with Gasteiger partial charge in [-0.15, -0.1) is 12.6 Å². The smallest absolute Gasteiger partial charge is 0.376 e. The van der Waals surface area contributed by atoms with Gasteiger partial charge in [0.25, 0.3) is 0 Å². The quantitative estimate of drug-likeness (QED) is 0.591. The van der Waals surface area contributed by atoms with Gasteiger partial charge in [0.2, 0.25) is 10.0 Å². The van der Waals surface area contributed by atoms with Gasteiger partial charge in [0.1, 0.15) is 5.78 Å². The maximum atomic E-state index is 13.2.